The number of nitrogens with zero attached hydrogens (tertiary/aromatic N) is 2. The maximum Gasteiger partial charge on any atom is 0.244 e. The molecule has 3 rings (SSSR count). The molecule has 0 spiro atoms. The number of carbonyl (C=O) groups excluding carboxylic acids is 1. The minimum Gasteiger partial charge on any atom is -0.494 e. The monoisotopic (exact) mass is 341 g/mol. The van der Waals surface area contributed by atoms with E-state index in [1.54, 1.807) is 17.4 Å². The van der Waals surface area contributed by atoms with Crippen LogP contribution in [0.15, 0.2) is 48.1 Å². The fourth-order valence-electron chi connectivity index (χ4n) is 2.16. The lowest BCUT2D eigenvalue weighted by molar-refractivity contribution is -0.116. The number of aromatic nitrogens is 2. The van der Waals surface area contributed by atoms with E-state index in [4.69, 9.17) is 4.74 Å². The summed E-state index contributed by atoms with van der Waals surface area (Å²) in [6, 6.07) is 7.67. The summed E-state index contributed by atoms with van der Waals surface area (Å²) in [7, 11) is 0. The highest BCUT2D eigenvalue weighted by Crippen LogP contribution is 2.13. The molecule has 1 aromatic carbocycles. The molecule has 0 saturated heterocycles. The van der Waals surface area contributed by atoms with Gasteiger partial charge in [0.1, 0.15) is 5.75 Å². The molecule has 124 valence electrons. The normalized spacial score (nSPS) is 11.2. The molecule has 24 heavy (non-hydrogen) atoms. The summed E-state index contributed by atoms with van der Waals surface area (Å²) in [6.07, 6.45) is 8.17. The lowest BCUT2D eigenvalue weighted by atomic mass is 10.2. The zero-order chi connectivity index (χ0) is 16.8. The number of imidazole rings is 1. The molecular formula is C18H19N3O2S. The lowest BCUT2D eigenvalue weighted by Crippen LogP contribution is -2.20. The summed E-state index contributed by atoms with van der Waals surface area (Å²) < 4.78 is 7.48. The quantitative estimate of drug-likeness (QED) is 0.669. The lowest BCUT2D eigenvalue weighted by Gasteiger charge is -2.04. The third-order valence-electron chi connectivity index (χ3n) is 3.37. The van der Waals surface area contributed by atoms with Crippen LogP contribution < -0.4 is 10.1 Å². The smallest absolute Gasteiger partial charge is 0.244 e. The van der Waals surface area contributed by atoms with E-state index in [-0.39, 0.29) is 5.91 Å². The van der Waals surface area contributed by atoms with Gasteiger partial charge in [-0.1, -0.05) is 19.1 Å². The van der Waals surface area contributed by atoms with Crippen LogP contribution in [0.4, 0.5) is 0 Å². The maximum absolute atomic E-state index is 11.9. The van der Waals surface area contributed by atoms with Crippen LogP contribution in [0.5, 0.6) is 5.75 Å². The highest BCUT2D eigenvalue weighted by atomic mass is 32.1. The predicted octanol–water partition coefficient (Wildman–Crippen LogP) is 3.51. The van der Waals surface area contributed by atoms with Gasteiger partial charge < -0.3 is 10.1 Å². The van der Waals surface area contributed by atoms with Gasteiger partial charge in [0.2, 0.25) is 5.91 Å². The number of fused-ring (bicyclic) bond motifs is 1. The van der Waals surface area contributed by atoms with Crippen molar-refractivity contribution in [2.75, 3.05) is 6.61 Å². The number of benzene rings is 1. The topological polar surface area (TPSA) is 55.6 Å². The number of ether oxygens (including phenoxy) is 1. The van der Waals surface area contributed by atoms with Crippen molar-refractivity contribution < 1.29 is 9.53 Å². The molecule has 0 saturated carbocycles. The SMILES string of the molecule is CCCOc1ccc(/C=C/C(=O)NCc2cn3ccsc3n2)cc1. The molecule has 0 bridgehead atoms. The van der Waals surface area contributed by atoms with Gasteiger partial charge in [-0.2, -0.15) is 0 Å². The molecule has 1 N–H and O–H groups in total. The Morgan fingerprint density at radius 3 is 2.96 bits per heavy atom. The van der Waals surface area contributed by atoms with Crippen molar-refractivity contribution in [3.63, 3.8) is 0 Å². The number of carbonyl (C=O) groups is 1. The summed E-state index contributed by atoms with van der Waals surface area (Å²) >= 11 is 1.57. The Kier molecular flexibility index (Phi) is 5.28. The minimum atomic E-state index is -0.141. The van der Waals surface area contributed by atoms with Gasteiger partial charge in [-0.15, -0.1) is 11.3 Å². The van der Waals surface area contributed by atoms with E-state index in [1.165, 1.54) is 6.08 Å². The Morgan fingerprint density at radius 1 is 1.38 bits per heavy atom. The molecule has 0 atom stereocenters. The van der Waals surface area contributed by atoms with Crippen LogP contribution in [-0.4, -0.2) is 21.9 Å². The largest absolute Gasteiger partial charge is 0.494 e. The van der Waals surface area contributed by atoms with E-state index in [2.05, 4.69) is 17.2 Å². The van der Waals surface area contributed by atoms with Gasteiger partial charge in [-0.3, -0.25) is 9.20 Å². The third kappa shape index (κ3) is 4.23. The Labute approximate surface area is 144 Å². The Morgan fingerprint density at radius 2 is 2.21 bits per heavy atom. The van der Waals surface area contributed by atoms with E-state index in [1.807, 2.05) is 46.4 Å². The van der Waals surface area contributed by atoms with Crippen LogP contribution >= 0.6 is 11.3 Å². The summed E-state index contributed by atoms with van der Waals surface area (Å²) in [5.41, 5.74) is 1.80. The van der Waals surface area contributed by atoms with E-state index in [9.17, 15) is 4.79 Å². The van der Waals surface area contributed by atoms with Gasteiger partial charge >= 0.3 is 0 Å². The number of thiazole rings is 1. The molecule has 6 heteroatoms. The molecule has 2 aromatic heterocycles. The first-order valence-corrected chi connectivity index (χ1v) is 8.72. The summed E-state index contributed by atoms with van der Waals surface area (Å²) in [6.45, 7) is 3.20. The maximum atomic E-state index is 11.9. The van der Waals surface area contributed by atoms with E-state index < -0.39 is 0 Å². The molecule has 3 aromatic rings. The summed E-state index contributed by atoms with van der Waals surface area (Å²) in [5, 5.41) is 4.82. The standard InChI is InChI=1S/C18H19N3O2S/c1-2-10-23-16-6-3-14(4-7-16)5-8-17(22)19-12-15-13-21-9-11-24-18(21)20-15/h3-9,11,13H,2,10,12H2,1H3,(H,19,22)/b8-5+. The first kappa shape index (κ1) is 16.3. The summed E-state index contributed by atoms with van der Waals surface area (Å²) in [5.74, 6) is 0.705. The van der Waals surface area contributed by atoms with Crippen molar-refractivity contribution >= 4 is 28.3 Å². The number of amides is 1. The van der Waals surface area contributed by atoms with Crippen LogP contribution in [0.2, 0.25) is 0 Å². The fraction of sp³-hybridized carbons (Fsp3) is 0.222. The highest BCUT2D eigenvalue weighted by Gasteiger charge is 2.03. The van der Waals surface area contributed by atoms with Crippen molar-refractivity contribution in [2.45, 2.75) is 19.9 Å². The van der Waals surface area contributed by atoms with Gasteiger partial charge in [-0.25, -0.2) is 4.98 Å². The molecule has 0 aliphatic rings. The zero-order valence-electron chi connectivity index (χ0n) is 13.4. The highest BCUT2D eigenvalue weighted by molar-refractivity contribution is 7.15. The Bertz CT molecular complexity index is 805. The molecule has 2 heterocycles. The van der Waals surface area contributed by atoms with Crippen LogP contribution in [0.25, 0.3) is 11.0 Å². The average molecular weight is 341 g/mol. The molecule has 0 aliphatic carbocycles. The third-order valence-corrected chi connectivity index (χ3v) is 4.14. The number of nitrogens with one attached hydrogen (secondary N) is 1. The van der Waals surface area contributed by atoms with Crippen molar-refractivity contribution in [3.05, 3.63) is 59.4 Å². The Hall–Kier alpha value is -2.60. The van der Waals surface area contributed by atoms with Crippen LogP contribution in [0.1, 0.15) is 24.6 Å². The van der Waals surface area contributed by atoms with E-state index >= 15 is 0 Å². The van der Waals surface area contributed by atoms with Crippen LogP contribution in [0.3, 0.4) is 0 Å². The number of hydrogen-bond acceptors (Lipinski definition) is 4. The van der Waals surface area contributed by atoms with Crippen LogP contribution in [0, 0.1) is 0 Å². The van der Waals surface area contributed by atoms with Crippen molar-refractivity contribution in [2.24, 2.45) is 0 Å². The van der Waals surface area contributed by atoms with Crippen molar-refractivity contribution in [3.8, 4) is 5.75 Å². The molecule has 0 unspecified atom stereocenters. The Balaban J connectivity index is 1.50. The molecule has 0 fully saturated rings. The van der Waals surface area contributed by atoms with Gasteiger partial charge in [0.25, 0.3) is 0 Å². The molecule has 5 nitrogen and oxygen atoms in total. The zero-order valence-corrected chi connectivity index (χ0v) is 14.3. The molecular weight excluding hydrogens is 322 g/mol. The van der Waals surface area contributed by atoms with E-state index in [0.717, 1.165) is 28.4 Å². The van der Waals surface area contributed by atoms with Gasteiger partial charge in [0.15, 0.2) is 4.96 Å². The first-order chi connectivity index (χ1) is 11.7. The minimum absolute atomic E-state index is 0.141. The van der Waals surface area contributed by atoms with Gasteiger partial charge in [0.05, 0.1) is 18.8 Å². The van der Waals surface area contributed by atoms with Crippen LogP contribution in [-0.2, 0) is 11.3 Å². The first-order valence-electron chi connectivity index (χ1n) is 7.84. The number of rotatable bonds is 7. The second-order valence-electron chi connectivity index (χ2n) is 5.29. The van der Waals surface area contributed by atoms with Gasteiger partial charge in [0, 0.05) is 23.8 Å². The second-order valence-corrected chi connectivity index (χ2v) is 6.17. The summed E-state index contributed by atoms with van der Waals surface area (Å²) in [4.78, 5) is 17.3. The second kappa shape index (κ2) is 7.79. The van der Waals surface area contributed by atoms with E-state index in [0.29, 0.717) is 13.2 Å². The molecule has 0 radical (unpaired) electrons. The van der Waals surface area contributed by atoms with Crippen molar-refractivity contribution in [1.82, 2.24) is 14.7 Å². The van der Waals surface area contributed by atoms with Gasteiger partial charge in [-0.05, 0) is 30.2 Å². The molecule has 0 aliphatic heterocycles. The van der Waals surface area contributed by atoms with Crippen molar-refractivity contribution in [1.29, 1.82) is 0 Å². The average Bonchev–Trinajstić information content (AvgIpc) is 3.18. The predicted molar refractivity (Wildman–Crippen MR) is 96.2 cm³/mol. The fourth-order valence-corrected chi connectivity index (χ4v) is 2.88. The number of hydrogen-bond donors (Lipinski definition) is 1. The molecule has 1 amide bonds.